The van der Waals surface area contributed by atoms with Crippen LogP contribution in [0, 0.1) is 42.4 Å². The molecule has 224 valence electrons. The lowest BCUT2D eigenvalue weighted by Gasteiger charge is -2.43. The Bertz CT molecular complexity index is 1700. The summed E-state index contributed by atoms with van der Waals surface area (Å²) >= 11 is 6.46. The van der Waals surface area contributed by atoms with Gasteiger partial charge in [-0.2, -0.15) is 0 Å². The Morgan fingerprint density at radius 2 is 1.79 bits per heavy atom. The summed E-state index contributed by atoms with van der Waals surface area (Å²) in [6.45, 7) is 5.88. The minimum absolute atomic E-state index is 0.00282. The summed E-state index contributed by atoms with van der Waals surface area (Å²) in [6, 6.07) is 12.9. The summed E-state index contributed by atoms with van der Waals surface area (Å²) in [6.07, 6.45) is 0.728. The van der Waals surface area contributed by atoms with E-state index in [-0.39, 0.29) is 45.6 Å². The Hall–Kier alpha value is -2.89. The number of hydrogen-bond donors (Lipinski definition) is 2. The van der Waals surface area contributed by atoms with Gasteiger partial charge in [0.2, 0.25) is 11.8 Å². The van der Waals surface area contributed by atoms with Crippen LogP contribution >= 0.6 is 39.0 Å². The van der Waals surface area contributed by atoms with Crippen molar-refractivity contribution < 1.29 is 24.2 Å². The topological polar surface area (TPSA) is 117 Å². The van der Waals surface area contributed by atoms with Crippen molar-refractivity contribution in [3.05, 3.63) is 78.2 Å². The normalized spacial score (nSPS) is 29.5. The van der Waals surface area contributed by atoms with E-state index < -0.39 is 29.8 Å². The zero-order chi connectivity index (χ0) is 30.3. The molecule has 2 saturated carbocycles. The molecule has 2 aliphatic heterocycles. The van der Waals surface area contributed by atoms with Gasteiger partial charge in [-0.05, 0) is 60.8 Å². The number of carboxylic acids is 1. The van der Waals surface area contributed by atoms with E-state index in [2.05, 4.69) is 33.0 Å². The second-order valence-corrected chi connectivity index (χ2v) is 15.6. The van der Waals surface area contributed by atoms with Crippen LogP contribution in [0.5, 0.6) is 5.75 Å². The van der Waals surface area contributed by atoms with E-state index in [1.54, 1.807) is 25.6 Å². The van der Waals surface area contributed by atoms with Gasteiger partial charge in [0.25, 0.3) is 0 Å². The van der Waals surface area contributed by atoms with E-state index in [9.17, 15) is 24.3 Å². The summed E-state index contributed by atoms with van der Waals surface area (Å²) in [7, 11) is 0. The number of ether oxygens (including phenoxy) is 1. The van der Waals surface area contributed by atoms with E-state index in [0.29, 0.717) is 12.4 Å². The number of carboxylic acid groups (broad SMARTS) is 1. The summed E-state index contributed by atoms with van der Waals surface area (Å²) in [4.78, 5) is 57.6. The molecule has 2 aliphatic carbocycles. The van der Waals surface area contributed by atoms with Crippen molar-refractivity contribution in [3.63, 3.8) is 0 Å². The maximum atomic E-state index is 14.0. The third-order valence-corrected chi connectivity index (χ3v) is 12.8. The van der Waals surface area contributed by atoms with Gasteiger partial charge in [-0.15, -0.1) is 11.8 Å². The molecule has 43 heavy (non-hydrogen) atoms. The minimum atomic E-state index is -1.18. The van der Waals surface area contributed by atoms with Crippen molar-refractivity contribution in [2.75, 3.05) is 0 Å². The van der Waals surface area contributed by atoms with Crippen LogP contribution in [0.25, 0.3) is 0 Å². The van der Waals surface area contributed by atoms with Crippen LogP contribution in [-0.4, -0.2) is 44.1 Å². The number of aryl methyl sites for hydroxylation is 1. The number of carbonyl (C=O) groups excluding carboxylic acids is 2. The third-order valence-electron chi connectivity index (χ3n) is 9.74. The van der Waals surface area contributed by atoms with Gasteiger partial charge >= 0.3 is 10.8 Å². The molecule has 8 atom stereocenters. The van der Waals surface area contributed by atoms with Gasteiger partial charge in [0.1, 0.15) is 18.4 Å². The number of imide groups is 1. The number of aliphatic carboxylic acids is 1. The summed E-state index contributed by atoms with van der Waals surface area (Å²) < 4.78 is 7.32. The molecule has 0 radical (unpaired) electrons. The van der Waals surface area contributed by atoms with E-state index in [1.807, 2.05) is 37.3 Å². The molecule has 0 spiro atoms. The van der Waals surface area contributed by atoms with Crippen molar-refractivity contribution in [1.29, 1.82) is 0 Å². The Balaban J connectivity index is 1.29. The quantitative estimate of drug-likeness (QED) is 0.309. The van der Waals surface area contributed by atoms with Crippen LogP contribution in [0.15, 0.2) is 56.8 Å². The molecular formula is C32H31BrN2O6S2. The van der Waals surface area contributed by atoms with Crippen molar-refractivity contribution >= 4 is 56.8 Å². The number of fused-ring (bicyclic) bond motifs is 9. The number of hydrogen-bond acceptors (Lipinski definition) is 7. The van der Waals surface area contributed by atoms with Crippen LogP contribution in [0.4, 0.5) is 0 Å². The fourth-order valence-electron chi connectivity index (χ4n) is 8.10. The molecule has 3 fully saturated rings. The van der Waals surface area contributed by atoms with Crippen LogP contribution in [-0.2, 0) is 21.0 Å². The van der Waals surface area contributed by atoms with Crippen molar-refractivity contribution in [1.82, 2.24) is 9.88 Å². The molecule has 3 aromatic rings. The molecule has 2 N–H and O–H groups in total. The number of nitrogens with one attached hydrogen (secondary N) is 1. The SMILES string of the molecule is Cc1ccc(COc2ccc(Br)cc2[C@H]2c3sc(=O)[nH]c3SC3C4CC(C5C(=O)N(C(C(=O)O)C(C)C)C(=O)C45)C32)cc1. The second kappa shape index (κ2) is 10.6. The number of halogens is 1. The predicted molar refractivity (Wildman–Crippen MR) is 166 cm³/mol. The minimum Gasteiger partial charge on any atom is -0.489 e. The number of likely N-dealkylation sites (tertiary alicyclic amines) is 1. The van der Waals surface area contributed by atoms with E-state index in [1.165, 1.54) is 16.9 Å². The molecule has 2 amide bonds. The highest BCUT2D eigenvalue weighted by Crippen LogP contribution is 2.69. The molecule has 11 heteroatoms. The number of thiazole rings is 1. The monoisotopic (exact) mass is 682 g/mol. The molecular weight excluding hydrogens is 652 g/mol. The average Bonchev–Trinajstić information content (AvgIpc) is 3.69. The lowest BCUT2D eigenvalue weighted by Crippen LogP contribution is -2.49. The summed E-state index contributed by atoms with van der Waals surface area (Å²) in [5, 5.41) is 10.8. The predicted octanol–water partition coefficient (Wildman–Crippen LogP) is 5.67. The fraction of sp³-hybridized carbons (Fsp3) is 0.438. The molecule has 8 nitrogen and oxygen atoms in total. The maximum Gasteiger partial charge on any atom is 0.327 e. The lowest BCUT2D eigenvalue weighted by molar-refractivity contribution is -0.157. The number of aromatic amines is 1. The van der Waals surface area contributed by atoms with Gasteiger partial charge in [-0.3, -0.25) is 19.3 Å². The fourth-order valence-corrected chi connectivity index (χ4v) is 11.4. The Kier molecular flexibility index (Phi) is 7.13. The first-order chi connectivity index (χ1) is 20.5. The highest BCUT2D eigenvalue weighted by atomic mass is 79.9. The lowest BCUT2D eigenvalue weighted by atomic mass is 9.68. The van der Waals surface area contributed by atoms with Crippen molar-refractivity contribution in [3.8, 4) is 5.75 Å². The molecule has 4 aliphatic rings. The first-order valence-corrected chi connectivity index (χ1v) is 17.0. The van der Waals surface area contributed by atoms with E-state index >= 15 is 0 Å². The van der Waals surface area contributed by atoms with Crippen molar-refractivity contribution in [2.24, 2.45) is 35.5 Å². The second-order valence-electron chi connectivity index (χ2n) is 12.5. The van der Waals surface area contributed by atoms with Crippen LogP contribution < -0.4 is 9.61 Å². The Labute approximate surface area is 265 Å². The number of rotatable bonds is 7. The van der Waals surface area contributed by atoms with Gasteiger partial charge in [0.15, 0.2) is 0 Å². The number of amides is 2. The average molecular weight is 684 g/mol. The molecule has 1 aromatic heterocycles. The van der Waals surface area contributed by atoms with Gasteiger partial charge < -0.3 is 14.8 Å². The molecule has 2 bridgehead atoms. The zero-order valence-electron chi connectivity index (χ0n) is 23.8. The molecule has 2 aromatic carbocycles. The first kappa shape index (κ1) is 28.9. The zero-order valence-corrected chi connectivity index (χ0v) is 27.0. The number of nitrogens with zero attached hydrogens (tertiary/aromatic N) is 1. The number of carbonyl (C=O) groups is 3. The Morgan fingerprint density at radius 3 is 2.47 bits per heavy atom. The smallest absolute Gasteiger partial charge is 0.327 e. The molecule has 3 heterocycles. The van der Waals surface area contributed by atoms with Gasteiger partial charge in [-0.1, -0.05) is 70.9 Å². The molecule has 7 rings (SSSR count). The number of thioether (sulfide) groups is 1. The molecule has 1 saturated heterocycles. The van der Waals surface area contributed by atoms with Crippen LogP contribution in [0.1, 0.15) is 47.8 Å². The standard InChI is InChI=1S/C32H31BrN2O6S2/c1-13(2)25(31(38)39)35-29(36)23-18-11-19(24(23)30(35)37)26-22(18)21(27-28(42-26)34-32(40)43-27)17-10-16(33)8-9-20(17)41-12-15-6-4-14(3)5-7-15/h4-10,13,18-19,21-26H,11-12H2,1-3H3,(H,34,40)(H,38,39)/t18?,19?,21-,22?,23?,24?,25?,26?/m1/s1. The number of aromatic nitrogens is 1. The highest BCUT2D eigenvalue weighted by molar-refractivity contribution is 9.10. The highest BCUT2D eigenvalue weighted by Gasteiger charge is 2.70. The van der Waals surface area contributed by atoms with Gasteiger partial charge in [0.05, 0.1) is 16.9 Å². The Morgan fingerprint density at radius 1 is 1.09 bits per heavy atom. The first-order valence-electron chi connectivity index (χ1n) is 14.5. The maximum absolute atomic E-state index is 14.0. The number of benzene rings is 2. The molecule has 7 unspecified atom stereocenters. The van der Waals surface area contributed by atoms with Crippen molar-refractivity contribution in [2.45, 2.75) is 56.0 Å². The third kappa shape index (κ3) is 4.52. The van der Waals surface area contributed by atoms with Crippen LogP contribution in [0.2, 0.25) is 0 Å². The van der Waals surface area contributed by atoms with E-state index in [4.69, 9.17) is 4.74 Å². The van der Waals surface area contributed by atoms with E-state index in [0.717, 1.165) is 36.8 Å². The van der Waals surface area contributed by atoms with Gasteiger partial charge in [0, 0.05) is 26.1 Å². The largest absolute Gasteiger partial charge is 0.489 e. The van der Waals surface area contributed by atoms with Gasteiger partial charge in [-0.25, -0.2) is 4.79 Å². The number of H-pyrrole nitrogens is 1. The summed E-state index contributed by atoms with van der Waals surface area (Å²) in [5.41, 5.74) is 3.15. The summed E-state index contributed by atoms with van der Waals surface area (Å²) in [5.74, 6) is -3.08. The van der Waals surface area contributed by atoms with Crippen LogP contribution in [0.3, 0.4) is 0 Å².